The maximum atomic E-state index is 6.21. The van der Waals surface area contributed by atoms with Crippen molar-refractivity contribution in [1.29, 1.82) is 0 Å². The smallest absolute Gasteiger partial charge is 0.0622 e. The number of rotatable bonds is 5. The molecule has 3 rings (SSSR count). The predicted octanol–water partition coefficient (Wildman–Crippen LogP) is 2.85. The normalized spacial score (nSPS) is 25.9. The van der Waals surface area contributed by atoms with Gasteiger partial charge in [0.05, 0.1) is 6.61 Å². The molecule has 116 valence electrons. The third kappa shape index (κ3) is 4.19. The fourth-order valence-electron chi connectivity index (χ4n) is 3.49. The van der Waals surface area contributed by atoms with Gasteiger partial charge >= 0.3 is 0 Å². The molecule has 0 radical (unpaired) electrons. The summed E-state index contributed by atoms with van der Waals surface area (Å²) in [5.41, 5.74) is 2.56. The number of nitrogens with one attached hydrogen (secondary N) is 1. The molecule has 21 heavy (non-hydrogen) atoms. The number of hydrogen-bond donors (Lipinski definition) is 1. The van der Waals surface area contributed by atoms with Crippen LogP contribution in [0, 0.1) is 12.8 Å². The van der Waals surface area contributed by atoms with Crippen molar-refractivity contribution in [2.45, 2.75) is 32.4 Å². The van der Waals surface area contributed by atoms with Gasteiger partial charge in [0.1, 0.15) is 0 Å². The molecule has 2 unspecified atom stereocenters. The second-order valence-corrected chi connectivity index (χ2v) is 6.88. The number of aryl methyl sites for hydroxylation is 1. The second-order valence-electron chi connectivity index (χ2n) is 6.44. The maximum absolute atomic E-state index is 6.21. The summed E-state index contributed by atoms with van der Waals surface area (Å²) in [5, 5.41) is 4.31. The molecule has 2 heterocycles. The van der Waals surface area contributed by atoms with E-state index < -0.39 is 0 Å². The van der Waals surface area contributed by atoms with E-state index in [1.54, 1.807) is 0 Å². The summed E-state index contributed by atoms with van der Waals surface area (Å²) in [6.07, 6.45) is 2.44. The second kappa shape index (κ2) is 7.10. The van der Waals surface area contributed by atoms with E-state index in [2.05, 4.69) is 29.3 Å². The van der Waals surface area contributed by atoms with Crippen LogP contribution in [-0.4, -0.2) is 43.8 Å². The fraction of sp³-hybridized carbons (Fsp3) is 0.647. The molecule has 2 atom stereocenters. The Kier molecular flexibility index (Phi) is 5.17. The molecule has 0 saturated carbocycles. The van der Waals surface area contributed by atoms with Crippen molar-refractivity contribution in [3.63, 3.8) is 0 Å². The van der Waals surface area contributed by atoms with Crippen LogP contribution in [0.4, 0.5) is 0 Å². The summed E-state index contributed by atoms with van der Waals surface area (Å²) in [5.74, 6) is 0.769. The minimum atomic E-state index is 0.560. The highest BCUT2D eigenvalue weighted by Crippen LogP contribution is 2.22. The minimum Gasteiger partial charge on any atom is -0.380 e. The molecule has 1 N–H and O–H groups in total. The monoisotopic (exact) mass is 308 g/mol. The largest absolute Gasteiger partial charge is 0.380 e. The third-order valence-electron chi connectivity index (χ3n) is 4.56. The van der Waals surface area contributed by atoms with Gasteiger partial charge in [-0.3, -0.25) is 4.90 Å². The van der Waals surface area contributed by atoms with E-state index in [4.69, 9.17) is 16.3 Å². The van der Waals surface area contributed by atoms with E-state index in [0.717, 1.165) is 56.8 Å². The van der Waals surface area contributed by atoms with Gasteiger partial charge in [0.25, 0.3) is 0 Å². The van der Waals surface area contributed by atoms with Crippen molar-refractivity contribution >= 4 is 11.6 Å². The molecule has 1 aromatic carbocycles. The summed E-state index contributed by atoms with van der Waals surface area (Å²) in [6, 6.07) is 6.94. The lowest BCUT2D eigenvalue weighted by atomic mass is 10.0. The van der Waals surface area contributed by atoms with Crippen molar-refractivity contribution in [1.82, 2.24) is 10.2 Å². The summed E-state index contributed by atoms with van der Waals surface area (Å²) < 4.78 is 5.60. The summed E-state index contributed by atoms with van der Waals surface area (Å²) in [4.78, 5) is 2.61. The van der Waals surface area contributed by atoms with Crippen molar-refractivity contribution in [2.24, 2.45) is 5.92 Å². The molecule has 0 bridgehead atoms. The summed E-state index contributed by atoms with van der Waals surface area (Å²) >= 11 is 6.21. The third-order valence-corrected chi connectivity index (χ3v) is 4.78. The van der Waals surface area contributed by atoms with Gasteiger partial charge in [0.15, 0.2) is 0 Å². The van der Waals surface area contributed by atoms with Gasteiger partial charge in [-0.2, -0.15) is 0 Å². The molecule has 2 aliphatic rings. The molecule has 3 nitrogen and oxygen atoms in total. The molecule has 0 spiro atoms. The van der Waals surface area contributed by atoms with E-state index in [-0.39, 0.29) is 0 Å². The van der Waals surface area contributed by atoms with E-state index in [1.165, 1.54) is 17.5 Å². The Morgan fingerprint density at radius 2 is 2.24 bits per heavy atom. The molecule has 4 heteroatoms. The standard InChI is InChI=1S/C17H25ClN2O/c1-13-6-15(8-16(18)7-13)11-20(17-3-5-21-12-17)10-14-2-4-19-9-14/h6-8,14,17,19H,2-5,9-12H2,1H3. The Balaban J connectivity index is 1.70. The molecule has 1 aromatic rings. The summed E-state index contributed by atoms with van der Waals surface area (Å²) in [7, 11) is 0. The van der Waals surface area contributed by atoms with Crippen LogP contribution >= 0.6 is 11.6 Å². The van der Waals surface area contributed by atoms with Crippen LogP contribution in [0.5, 0.6) is 0 Å². The average Bonchev–Trinajstić information content (AvgIpc) is 3.10. The Morgan fingerprint density at radius 1 is 1.33 bits per heavy atom. The fourth-order valence-corrected chi connectivity index (χ4v) is 3.80. The zero-order chi connectivity index (χ0) is 14.7. The lowest BCUT2D eigenvalue weighted by molar-refractivity contribution is 0.126. The van der Waals surface area contributed by atoms with Crippen LogP contribution in [0.25, 0.3) is 0 Å². The highest BCUT2D eigenvalue weighted by molar-refractivity contribution is 6.30. The van der Waals surface area contributed by atoms with Crippen molar-refractivity contribution < 1.29 is 4.74 Å². The number of nitrogens with zero attached hydrogens (tertiary/aromatic N) is 1. The first-order valence-electron chi connectivity index (χ1n) is 7.99. The molecular weight excluding hydrogens is 284 g/mol. The van der Waals surface area contributed by atoms with Gasteiger partial charge < -0.3 is 10.1 Å². The molecular formula is C17H25ClN2O. The topological polar surface area (TPSA) is 24.5 Å². The van der Waals surface area contributed by atoms with Crippen LogP contribution < -0.4 is 5.32 Å². The molecule has 2 fully saturated rings. The number of ether oxygens (including phenoxy) is 1. The van der Waals surface area contributed by atoms with Gasteiger partial charge in [-0.05, 0) is 62.0 Å². The van der Waals surface area contributed by atoms with Gasteiger partial charge in [-0.1, -0.05) is 17.7 Å². The maximum Gasteiger partial charge on any atom is 0.0622 e. The Hall–Kier alpha value is -0.610. The predicted molar refractivity (Wildman–Crippen MR) is 86.8 cm³/mol. The highest BCUT2D eigenvalue weighted by Gasteiger charge is 2.27. The van der Waals surface area contributed by atoms with E-state index in [0.29, 0.717) is 6.04 Å². The van der Waals surface area contributed by atoms with Gasteiger partial charge in [-0.25, -0.2) is 0 Å². The van der Waals surface area contributed by atoms with E-state index in [1.807, 2.05) is 6.07 Å². The van der Waals surface area contributed by atoms with Crippen LogP contribution in [0.2, 0.25) is 5.02 Å². The Labute approximate surface area is 132 Å². The molecule has 2 saturated heterocycles. The zero-order valence-corrected chi connectivity index (χ0v) is 13.5. The zero-order valence-electron chi connectivity index (χ0n) is 12.8. The Bertz CT molecular complexity index is 448. The van der Waals surface area contributed by atoms with Crippen molar-refractivity contribution in [3.05, 3.63) is 34.3 Å². The number of halogens is 1. The number of hydrogen-bond acceptors (Lipinski definition) is 3. The van der Waals surface area contributed by atoms with Gasteiger partial charge in [0.2, 0.25) is 0 Å². The molecule has 0 aliphatic carbocycles. The van der Waals surface area contributed by atoms with E-state index in [9.17, 15) is 0 Å². The molecule has 2 aliphatic heterocycles. The molecule has 0 aromatic heterocycles. The minimum absolute atomic E-state index is 0.560. The quantitative estimate of drug-likeness (QED) is 0.905. The van der Waals surface area contributed by atoms with Gasteiger partial charge in [-0.15, -0.1) is 0 Å². The summed E-state index contributed by atoms with van der Waals surface area (Å²) in [6.45, 7) is 8.34. The SMILES string of the molecule is Cc1cc(Cl)cc(CN(CC2CCNC2)C2CCOC2)c1. The van der Waals surface area contributed by atoms with Crippen LogP contribution in [-0.2, 0) is 11.3 Å². The number of benzene rings is 1. The van der Waals surface area contributed by atoms with Crippen molar-refractivity contribution in [2.75, 3.05) is 32.8 Å². The molecule has 0 amide bonds. The van der Waals surface area contributed by atoms with Crippen LogP contribution in [0.1, 0.15) is 24.0 Å². The van der Waals surface area contributed by atoms with Crippen molar-refractivity contribution in [3.8, 4) is 0 Å². The van der Waals surface area contributed by atoms with E-state index >= 15 is 0 Å². The van der Waals surface area contributed by atoms with Crippen LogP contribution in [0.15, 0.2) is 18.2 Å². The first kappa shape index (κ1) is 15.3. The average molecular weight is 309 g/mol. The lowest BCUT2D eigenvalue weighted by Crippen LogP contribution is -2.39. The first-order chi connectivity index (χ1) is 10.2. The first-order valence-corrected chi connectivity index (χ1v) is 8.37. The highest BCUT2D eigenvalue weighted by atomic mass is 35.5. The van der Waals surface area contributed by atoms with Crippen LogP contribution in [0.3, 0.4) is 0 Å². The van der Waals surface area contributed by atoms with Gasteiger partial charge in [0, 0.05) is 30.8 Å². The lowest BCUT2D eigenvalue weighted by Gasteiger charge is -2.30. The Morgan fingerprint density at radius 3 is 2.90 bits per heavy atom.